The summed E-state index contributed by atoms with van der Waals surface area (Å²) in [7, 11) is 0. The van der Waals surface area contributed by atoms with E-state index in [0.717, 1.165) is 0 Å². The normalized spacial score (nSPS) is 11.1. The minimum absolute atomic E-state index is 0.344. The number of benzene rings is 1. The molecule has 1 N–H and O–H groups in total. The van der Waals surface area contributed by atoms with E-state index in [4.69, 9.17) is 4.74 Å². The van der Waals surface area contributed by atoms with Crippen LogP contribution in [0.3, 0.4) is 0 Å². The van der Waals surface area contributed by atoms with E-state index in [1.165, 1.54) is 5.56 Å². The molecule has 0 unspecified atom stereocenters. The molecule has 1 aromatic rings. The van der Waals surface area contributed by atoms with Crippen molar-refractivity contribution < 1.29 is 9.53 Å². The Morgan fingerprint density at radius 1 is 1.33 bits per heavy atom. The first-order chi connectivity index (χ1) is 8.47. The van der Waals surface area contributed by atoms with Gasteiger partial charge >= 0.3 is 5.97 Å². The van der Waals surface area contributed by atoms with Gasteiger partial charge in [-0.2, -0.15) is 0 Å². The lowest BCUT2D eigenvalue weighted by Crippen LogP contribution is -2.43. The molecular formula is C15H21NO2. The topological polar surface area (TPSA) is 38.3 Å². The predicted octanol–water partition coefficient (Wildman–Crippen LogP) is 2.67. The van der Waals surface area contributed by atoms with Gasteiger partial charge in [0.2, 0.25) is 0 Å². The molecule has 0 aliphatic rings. The van der Waals surface area contributed by atoms with Crippen LogP contribution in [0.1, 0.15) is 26.3 Å². The molecule has 0 atom stereocenters. The quantitative estimate of drug-likeness (QED) is 0.620. The minimum atomic E-state index is -0.484. The van der Waals surface area contributed by atoms with E-state index in [-0.39, 0.29) is 5.97 Å². The summed E-state index contributed by atoms with van der Waals surface area (Å²) in [5.41, 5.74) is 1.13. The average Bonchev–Trinajstić information content (AvgIpc) is 2.37. The van der Waals surface area contributed by atoms with Crippen LogP contribution in [0.5, 0.6) is 0 Å². The molecule has 0 aliphatic carbocycles. The molecule has 0 radical (unpaired) electrons. The van der Waals surface area contributed by atoms with Gasteiger partial charge in [-0.15, -0.1) is 0 Å². The molecule has 1 aromatic carbocycles. The summed E-state index contributed by atoms with van der Waals surface area (Å²) in [5, 5.41) is 3.31. The summed E-state index contributed by atoms with van der Waals surface area (Å²) in [4.78, 5) is 11.6. The number of esters is 1. The summed E-state index contributed by atoms with van der Waals surface area (Å²) in [6, 6.07) is 10.0. The van der Waals surface area contributed by atoms with Gasteiger partial charge in [0.1, 0.15) is 0 Å². The highest BCUT2D eigenvalue weighted by Gasteiger charge is 2.27. The third-order valence-electron chi connectivity index (χ3n) is 2.85. The van der Waals surface area contributed by atoms with Crippen LogP contribution in [-0.2, 0) is 16.1 Å². The van der Waals surface area contributed by atoms with Gasteiger partial charge in [-0.3, -0.25) is 0 Å². The molecule has 3 heteroatoms. The molecule has 18 heavy (non-hydrogen) atoms. The number of rotatable bonds is 6. The Morgan fingerprint density at radius 3 is 2.50 bits per heavy atom. The van der Waals surface area contributed by atoms with Crippen molar-refractivity contribution in [2.75, 3.05) is 6.61 Å². The van der Waals surface area contributed by atoms with E-state index >= 15 is 0 Å². The Hall–Kier alpha value is -1.61. The van der Waals surface area contributed by atoms with E-state index in [0.29, 0.717) is 18.7 Å². The van der Waals surface area contributed by atoms with E-state index in [9.17, 15) is 4.79 Å². The molecule has 1 rings (SSSR count). The summed E-state index contributed by atoms with van der Waals surface area (Å²) in [6.45, 7) is 10.5. The summed E-state index contributed by atoms with van der Waals surface area (Å²) in [5.74, 6) is -0.344. The molecule has 0 amide bonds. The van der Waals surface area contributed by atoms with Crippen molar-refractivity contribution in [3.63, 3.8) is 0 Å². The first kappa shape index (κ1) is 14.5. The Labute approximate surface area is 109 Å². The second-order valence-electron chi connectivity index (χ2n) is 4.66. The maximum Gasteiger partial charge on any atom is 0.335 e. The van der Waals surface area contributed by atoms with Crippen LogP contribution in [0, 0.1) is 0 Å². The highest BCUT2D eigenvalue weighted by Crippen LogP contribution is 2.16. The highest BCUT2D eigenvalue weighted by atomic mass is 16.5. The van der Waals surface area contributed by atoms with E-state index in [2.05, 4.69) is 11.9 Å². The Morgan fingerprint density at radius 2 is 1.94 bits per heavy atom. The summed E-state index contributed by atoms with van der Waals surface area (Å²) in [6.07, 6.45) is 0. The number of carbonyl (C=O) groups excluding carboxylic acids is 1. The fourth-order valence-corrected chi connectivity index (χ4v) is 1.50. The minimum Gasteiger partial charge on any atom is -0.463 e. The lowest BCUT2D eigenvalue weighted by Gasteiger charge is -2.27. The van der Waals surface area contributed by atoms with Gasteiger partial charge in [0, 0.05) is 17.7 Å². The first-order valence-electron chi connectivity index (χ1n) is 6.13. The van der Waals surface area contributed by atoms with Crippen LogP contribution in [0.25, 0.3) is 0 Å². The molecule has 98 valence electrons. The van der Waals surface area contributed by atoms with E-state index < -0.39 is 5.54 Å². The molecule has 0 saturated carbocycles. The Balaban J connectivity index is 2.59. The Bertz CT molecular complexity index is 410. The molecule has 0 aromatic heterocycles. The standard InChI is InChI=1S/C15H21NO2/c1-5-18-14(17)12(2)15(3,4)16-11-13-9-7-6-8-10-13/h6-10,16H,2,5,11H2,1,3-4H3. The SMILES string of the molecule is C=C(C(=O)OCC)C(C)(C)NCc1ccccc1. The van der Waals surface area contributed by atoms with Crippen molar-refractivity contribution in [1.29, 1.82) is 0 Å². The van der Waals surface area contributed by atoms with Crippen molar-refractivity contribution in [2.45, 2.75) is 32.9 Å². The van der Waals surface area contributed by atoms with Gasteiger partial charge in [0.05, 0.1) is 6.61 Å². The number of carbonyl (C=O) groups is 1. The molecule has 0 saturated heterocycles. The zero-order chi connectivity index (χ0) is 13.6. The number of nitrogens with one attached hydrogen (secondary N) is 1. The van der Waals surface area contributed by atoms with E-state index in [1.54, 1.807) is 6.92 Å². The Kier molecular flexibility index (Phi) is 5.10. The third-order valence-corrected chi connectivity index (χ3v) is 2.85. The van der Waals surface area contributed by atoms with Gasteiger partial charge in [0.15, 0.2) is 0 Å². The van der Waals surface area contributed by atoms with Crippen molar-refractivity contribution in [1.82, 2.24) is 5.32 Å². The maximum absolute atomic E-state index is 11.6. The predicted molar refractivity (Wildman–Crippen MR) is 73.1 cm³/mol. The van der Waals surface area contributed by atoms with Crippen molar-refractivity contribution in [3.8, 4) is 0 Å². The van der Waals surface area contributed by atoms with Crippen molar-refractivity contribution in [3.05, 3.63) is 48.0 Å². The van der Waals surface area contributed by atoms with E-state index in [1.807, 2.05) is 44.2 Å². The van der Waals surface area contributed by atoms with Crippen molar-refractivity contribution >= 4 is 5.97 Å². The highest BCUT2D eigenvalue weighted by molar-refractivity contribution is 5.90. The van der Waals surface area contributed by atoms with Crippen LogP contribution in [0.15, 0.2) is 42.5 Å². The zero-order valence-corrected chi connectivity index (χ0v) is 11.3. The van der Waals surface area contributed by atoms with Gasteiger partial charge in [-0.05, 0) is 26.3 Å². The lowest BCUT2D eigenvalue weighted by molar-refractivity contribution is -0.139. The van der Waals surface area contributed by atoms with Crippen LogP contribution in [-0.4, -0.2) is 18.1 Å². The molecular weight excluding hydrogens is 226 g/mol. The first-order valence-corrected chi connectivity index (χ1v) is 6.13. The van der Waals surface area contributed by atoms with Crippen molar-refractivity contribution in [2.24, 2.45) is 0 Å². The molecule has 0 bridgehead atoms. The van der Waals surface area contributed by atoms with Crippen LogP contribution in [0.2, 0.25) is 0 Å². The smallest absolute Gasteiger partial charge is 0.335 e. The maximum atomic E-state index is 11.6. The fraction of sp³-hybridized carbons (Fsp3) is 0.400. The fourth-order valence-electron chi connectivity index (χ4n) is 1.50. The van der Waals surface area contributed by atoms with Gasteiger partial charge in [0.25, 0.3) is 0 Å². The summed E-state index contributed by atoms with van der Waals surface area (Å²) >= 11 is 0. The van der Waals surface area contributed by atoms with Crippen LogP contribution < -0.4 is 5.32 Å². The third kappa shape index (κ3) is 4.00. The second kappa shape index (κ2) is 6.36. The van der Waals surface area contributed by atoms with Gasteiger partial charge in [-0.25, -0.2) is 4.79 Å². The molecule has 0 heterocycles. The van der Waals surface area contributed by atoms with Gasteiger partial charge in [-0.1, -0.05) is 36.9 Å². The van der Waals surface area contributed by atoms with Crippen LogP contribution in [0.4, 0.5) is 0 Å². The molecule has 0 spiro atoms. The lowest BCUT2D eigenvalue weighted by atomic mass is 9.95. The molecule has 0 fully saturated rings. The number of hydrogen-bond donors (Lipinski definition) is 1. The van der Waals surface area contributed by atoms with Crippen LogP contribution >= 0.6 is 0 Å². The largest absolute Gasteiger partial charge is 0.463 e. The summed E-state index contributed by atoms with van der Waals surface area (Å²) < 4.78 is 4.96. The zero-order valence-electron chi connectivity index (χ0n) is 11.3. The number of hydrogen-bond acceptors (Lipinski definition) is 3. The second-order valence-corrected chi connectivity index (χ2v) is 4.66. The molecule has 3 nitrogen and oxygen atoms in total. The average molecular weight is 247 g/mol. The van der Waals surface area contributed by atoms with Gasteiger partial charge < -0.3 is 10.1 Å². The molecule has 0 aliphatic heterocycles. The number of ether oxygens (including phenoxy) is 1. The monoisotopic (exact) mass is 247 g/mol.